The fourth-order valence-corrected chi connectivity index (χ4v) is 17.4. The van der Waals surface area contributed by atoms with Gasteiger partial charge in [0.2, 0.25) is 0 Å². The number of hydrogen-bond acceptors (Lipinski definition) is 18. The second-order valence-electron chi connectivity index (χ2n) is 30.5. The molecule has 14 amide bonds. The molecule has 8 aromatic rings. The highest BCUT2D eigenvalue weighted by Gasteiger charge is 2.50. The minimum absolute atomic E-state index is 0.0568. The number of carbonyl (C=O) groups is 16. The van der Waals surface area contributed by atoms with Gasteiger partial charge in [0.25, 0.3) is 82.7 Å². The van der Waals surface area contributed by atoms with Gasteiger partial charge < -0.3 is 4.74 Å². The van der Waals surface area contributed by atoms with E-state index in [1.807, 2.05) is 27.7 Å². The Morgan fingerprint density at radius 1 is 0.230 bits per heavy atom. The maximum Gasteiger partial charge on any atom is 0.346 e. The number of hydrogen-bond donors (Lipinski definition) is 1. The van der Waals surface area contributed by atoms with E-state index in [0.29, 0.717) is 71.7 Å². The number of benzene rings is 8. The zero-order valence-electron chi connectivity index (χ0n) is 64.3. The minimum atomic E-state index is -0.984. The topological polar surface area (TPSA) is 331 Å². The number of imide groups is 7. The summed E-state index contributed by atoms with van der Waals surface area (Å²) in [4.78, 5) is 220. The van der Waals surface area contributed by atoms with Crippen LogP contribution in [0.3, 0.4) is 0 Å². The fraction of sp³-hybridized carbons (Fsp3) is 0.364. The average molecular weight is 1530 g/mol. The average Bonchev–Trinajstić information content (AvgIpc) is 1.37. The number of nitrogens with zero attached hydrogens (tertiary/aromatic N) is 7. The fourth-order valence-electron chi connectivity index (χ4n) is 17.4. The number of ether oxygens (including phenoxy) is 1. The molecule has 4 atom stereocenters. The van der Waals surface area contributed by atoms with Gasteiger partial charge in [-0.2, -0.15) is 10.0 Å². The van der Waals surface area contributed by atoms with Crippen LogP contribution in [0, 0.1) is 0 Å². The predicted octanol–water partition coefficient (Wildman–Crippen LogP) is 15.1. The zero-order chi connectivity index (χ0) is 80.6. The molecular formula is C88H86N8O17. The van der Waals surface area contributed by atoms with E-state index in [1.165, 1.54) is 92.4 Å². The highest BCUT2D eigenvalue weighted by Crippen LogP contribution is 2.45. The Morgan fingerprint density at radius 3 is 0.575 bits per heavy atom. The molecule has 8 aliphatic rings. The standard InChI is InChI=1S/C44H42N4O8.C22H23N3O4.C22H21NO5/c1-5-7-9-11-13-23(3)45-37(49)25-15-19-29-35-30(20-16-26(33(25)35)38(45)50)42(54)47(41(29)53)48-43(55)31-21-17-27-34-28(18-22-32(36(31)34)44(48)56)40(52)46(39(27)51)24(4)14-12-10-8-6-2;1-3-4-5-6-7-12(2)24-19(26)13-8-10-15-18-16(22(29)25(23)21(15)28)11-9-14(17(13)18)20(24)27;1-3-4-5-6-7-12(2)23-19(24)13-8-10-15-18-16(22(27)28-21(15)26)11-9-14(17(13)18)20(23)25/h15-24H,5-14H2,1-4H3;8-12H,3-7,23H2,1-2H3;8-12H,3-7H2,1-2H3. The summed E-state index contributed by atoms with van der Waals surface area (Å²) >= 11 is 0. The van der Waals surface area contributed by atoms with Crippen molar-refractivity contribution < 1.29 is 81.4 Å². The first-order chi connectivity index (χ1) is 54.3. The Hall–Kier alpha value is -12.1. The summed E-state index contributed by atoms with van der Waals surface area (Å²) in [5.74, 6) is -4.72. The van der Waals surface area contributed by atoms with Gasteiger partial charge in [-0.05, 0) is 150 Å². The normalized spacial score (nSPS) is 17.0. The number of amides is 14. The lowest BCUT2D eigenvalue weighted by Crippen LogP contribution is -2.58. The summed E-state index contributed by atoms with van der Waals surface area (Å²) in [5, 5.41) is 3.60. The first-order valence-corrected chi connectivity index (χ1v) is 39.4. The van der Waals surface area contributed by atoms with E-state index in [1.54, 1.807) is 24.3 Å². The van der Waals surface area contributed by atoms with E-state index in [4.69, 9.17) is 10.6 Å². The molecule has 16 rings (SSSR count). The molecule has 25 heteroatoms. The Morgan fingerprint density at radius 2 is 0.389 bits per heavy atom. The Kier molecular flexibility index (Phi) is 21.2. The number of rotatable bonds is 25. The minimum Gasteiger partial charge on any atom is -0.386 e. The van der Waals surface area contributed by atoms with Crippen molar-refractivity contribution in [1.82, 2.24) is 34.6 Å². The molecule has 0 spiro atoms. The van der Waals surface area contributed by atoms with Gasteiger partial charge in [-0.25, -0.2) is 20.4 Å². The van der Waals surface area contributed by atoms with E-state index >= 15 is 0 Å². The van der Waals surface area contributed by atoms with Gasteiger partial charge in [-0.1, -0.05) is 130 Å². The van der Waals surface area contributed by atoms with E-state index in [2.05, 4.69) is 27.7 Å². The van der Waals surface area contributed by atoms with Crippen molar-refractivity contribution in [3.8, 4) is 0 Å². The SMILES string of the molecule is CCCCCCC(C)N1C(=O)c2ccc3c4c(ccc(c24)C1=O)C(=O)N(N)C3=O.CCCCCCC(C)N1C(=O)c2ccc3c4c(ccc(c24)C1=O)C(=O)N(N1C(=O)c2ccc4c5c(ccc(c25)C1=O)C(=O)N(C(C)CCCCCC)C4=O)C3=O.CCCCCCC(C)N1C(=O)c2ccc3c4c(ccc(c24)C1=O)C(=O)OC3=O. The number of hydrazine groups is 2. The second kappa shape index (κ2) is 30.9. The summed E-state index contributed by atoms with van der Waals surface area (Å²) in [6, 6.07) is 22.4. The maximum atomic E-state index is 14.3. The summed E-state index contributed by atoms with van der Waals surface area (Å²) in [6.07, 6.45) is 19.2. The molecule has 0 radical (unpaired) electrons. The third kappa shape index (κ3) is 12.6. The molecule has 0 saturated heterocycles. The maximum absolute atomic E-state index is 14.3. The molecule has 0 fully saturated rings. The Labute approximate surface area is 650 Å². The second-order valence-corrected chi connectivity index (χ2v) is 30.5. The molecular weight excluding hydrogens is 1440 g/mol. The smallest absolute Gasteiger partial charge is 0.346 e. The Bertz CT molecular complexity index is 5170. The van der Waals surface area contributed by atoms with Crippen LogP contribution in [-0.4, -0.2) is 153 Å². The molecule has 0 bridgehead atoms. The molecule has 0 aromatic heterocycles. The molecule has 8 aromatic carbocycles. The van der Waals surface area contributed by atoms with Crippen LogP contribution < -0.4 is 5.84 Å². The van der Waals surface area contributed by atoms with Gasteiger partial charge >= 0.3 is 11.9 Å². The van der Waals surface area contributed by atoms with Gasteiger partial charge in [-0.3, -0.25) is 86.7 Å². The highest BCUT2D eigenvalue weighted by atomic mass is 16.6. The van der Waals surface area contributed by atoms with Crippen molar-refractivity contribution >= 4 is 138 Å². The van der Waals surface area contributed by atoms with E-state index in [-0.39, 0.29) is 136 Å². The lowest BCUT2D eigenvalue weighted by molar-refractivity contribution is 0.00211. The molecule has 8 heterocycles. The predicted molar refractivity (Wildman–Crippen MR) is 416 cm³/mol. The molecule has 8 aliphatic heterocycles. The molecule has 113 heavy (non-hydrogen) atoms. The van der Waals surface area contributed by atoms with Gasteiger partial charge in [0, 0.05) is 112 Å². The third-order valence-electron chi connectivity index (χ3n) is 23.3. The van der Waals surface area contributed by atoms with Crippen LogP contribution in [0.15, 0.2) is 97.1 Å². The summed E-state index contributed by atoms with van der Waals surface area (Å²) < 4.78 is 4.75. The van der Waals surface area contributed by atoms with Crippen molar-refractivity contribution in [2.45, 2.75) is 208 Å². The molecule has 25 nitrogen and oxygen atoms in total. The first kappa shape index (κ1) is 77.6. The van der Waals surface area contributed by atoms with Gasteiger partial charge in [0.1, 0.15) is 0 Å². The summed E-state index contributed by atoms with van der Waals surface area (Å²) in [5.41, 5.74) is 2.74. The van der Waals surface area contributed by atoms with Gasteiger partial charge in [0.05, 0.1) is 44.5 Å². The molecule has 2 N–H and O–H groups in total. The number of cyclic esters (lactones) is 2. The number of esters is 2. The van der Waals surface area contributed by atoms with Crippen LogP contribution in [0.4, 0.5) is 0 Å². The molecule has 580 valence electrons. The quantitative estimate of drug-likeness (QED) is 0.0139. The Balaban J connectivity index is 0.000000155. The first-order valence-electron chi connectivity index (χ1n) is 39.4. The summed E-state index contributed by atoms with van der Waals surface area (Å²) in [6.45, 7) is 15.9. The van der Waals surface area contributed by atoms with Crippen molar-refractivity contribution in [3.63, 3.8) is 0 Å². The lowest BCUT2D eigenvalue weighted by Gasteiger charge is -2.39. The van der Waals surface area contributed by atoms with E-state index < -0.39 is 71.0 Å². The van der Waals surface area contributed by atoms with Gasteiger partial charge in [-0.15, -0.1) is 0 Å². The van der Waals surface area contributed by atoms with Crippen molar-refractivity contribution in [2.24, 2.45) is 5.84 Å². The van der Waals surface area contributed by atoms with Crippen molar-refractivity contribution in [2.75, 3.05) is 0 Å². The van der Waals surface area contributed by atoms with Crippen LogP contribution in [0.1, 0.15) is 350 Å². The van der Waals surface area contributed by atoms with Crippen LogP contribution in [0.2, 0.25) is 0 Å². The lowest BCUT2D eigenvalue weighted by atomic mass is 9.85. The molecule has 0 saturated carbocycles. The zero-order valence-corrected chi connectivity index (χ0v) is 64.3. The monoisotopic (exact) mass is 1530 g/mol. The molecule has 0 aliphatic carbocycles. The number of carbonyl (C=O) groups excluding carboxylic acids is 16. The van der Waals surface area contributed by atoms with Crippen molar-refractivity contribution in [1.29, 1.82) is 0 Å². The van der Waals surface area contributed by atoms with Crippen molar-refractivity contribution in [3.05, 3.63) is 186 Å². The van der Waals surface area contributed by atoms with Crippen LogP contribution in [0.25, 0.3) is 43.1 Å². The van der Waals surface area contributed by atoms with E-state index in [9.17, 15) is 76.7 Å². The van der Waals surface area contributed by atoms with Crippen LogP contribution in [0.5, 0.6) is 0 Å². The molecule has 4 unspecified atom stereocenters. The number of nitrogens with two attached hydrogens (primary N) is 1. The van der Waals surface area contributed by atoms with E-state index in [0.717, 1.165) is 116 Å². The summed E-state index contributed by atoms with van der Waals surface area (Å²) in [7, 11) is 0. The van der Waals surface area contributed by atoms with Crippen LogP contribution >= 0.6 is 0 Å². The number of unbranched alkanes of at least 4 members (excludes halogenated alkanes) is 12. The largest absolute Gasteiger partial charge is 0.386 e. The van der Waals surface area contributed by atoms with Gasteiger partial charge in [0.15, 0.2) is 0 Å². The third-order valence-corrected chi connectivity index (χ3v) is 23.3. The van der Waals surface area contributed by atoms with Crippen LogP contribution in [-0.2, 0) is 4.74 Å². The highest BCUT2D eigenvalue weighted by molar-refractivity contribution is 6.39.